The zero-order valence-electron chi connectivity index (χ0n) is 13.9. The predicted molar refractivity (Wildman–Crippen MR) is 86.0 cm³/mol. The van der Waals surface area contributed by atoms with Crippen molar-refractivity contribution in [3.63, 3.8) is 0 Å². The number of fused-ring (bicyclic) bond motifs is 1. The molecule has 1 amide bonds. The molecule has 7 nitrogen and oxygen atoms in total. The second kappa shape index (κ2) is 6.70. The van der Waals surface area contributed by atoms with Gasteiger partial charge in [0, 0.05) is 17.5 Å². The molecule has 0 saturated carbocycles. The normalized spacial score (nSPS) is 11.9. The van der Waals surface area contributed by atoms with Gasteiger partial charge in [0.25, 0.3) is 5.91 Å². The molecule has 2 heterocycles. The molecule has 0 fully saturated rings. The lowest BCUT2D eigenvalue weighted by Crippen LogP contribution is -2.19. The van der Waals surface area contributed by atoms with Crippen molar-refractivity contribution in [3.8, 4) is 5.75 Å². The Morgan fingerprint density at radius 1 is 1.35 bits per heavy atom. The topological polar surface area (TPSA) is 82.2 Å². The van der Waals surface area contributed by atoms with E-state index in [9.17, 15) is 18.0 Å². The van der Waals surface area contributed by atoms with Gasteiger partial charge in [0.1, 0.15) is 18.6 Å². The van der Waals surface area contributed by atoms with Crippen molar-refractivity contribution in [2.45, 2.75) is 32.7 Å². The molecule has 2 aromatic heterocycles. The van der Waals surface area contributed by atoms with Gasteiger partial charge in [-0.3, -0.25) is 9.48 Å². The smallest absolute Gasteiger partial charge is 0.408 e. The van der Waals surface area contributed by atoms with Crippen LogP contribution in [0, 0.1) is 0 Å². The van der Waals surface area contributed by atoms with Crippen LogP contribution in [0.5, 0.6) is 5.75 Å². The first-order valence-corrected chi connectivity index (χ1v) is 7.68. The summed E-state index contributed by atoms with van der Waals surface area (Å²) in [5, 5.41) is 10.2. The average Bonchev–Trinajstić information content (AvgIpc) is 3.15. The highest BCUT2D eigenvalue weighted by atomic mass is 19.4. The van der Waals surface area contributed by atoms with Gasteiger partial charge in [-0.05, 0) is 26.0 Å². The number of carbonyl (C=O) groups is 1. The Morgan fingerprint density at radius 2 is 2.12 bits per heavy atom. The van der Waals surface area contributed by atoms with Gasteiger partial charge in [0.15, 0.2) is 11.5 Å². The molecule has 26 heavy (non-hydrogen) atoms. The third-order valence-corrected chi connectivity index (χ3v) is 3.33. The van der Waals surface area contributed by atoms with Gasteiger partial charge in [-0.25, -0.2) is 0 Å². The summed E-state index contributed by atoms with van der Waals surface area (Å²) in [6, 6.07) is 5.94. The summed E-state index contributed by atoms with van der Waals surface area (Å²) in [4.78, 5) is 12.1. The van der Waals surface area contributed by atoms with Gasteiger partial charge in [-0.1, -0.05) is 5.16 Å². The summed E-state index contributed by atoms with van der Waals surface area (Å²) >= 11 is 0. The first-order valence-electron chi connectivity index (χ1n) is 7.68. The Morgan fingerprint density at radius 3 is 2.73 bits per heavy atom. The van der Waals surface area contributed by atoms with Gasteiger partial charge < -0.3 is 14.6 Å². The Hall–Kier alpha value is -3.04. The van der Waals surface area contributed by atoms with Crippen LogP contribution in [0.3, 0.4) is 0 Å². The Balaban J connectivity index is 2.01. The maximum Gasteiger partial charge on any atom is 0.408 e. The number of benzene rings is 1. The van der Waals surface area contributed by atoms with Gasteiger partial charge in [-0.15, -0.1) is 0 Å². The fourth-order valence-corrected chi connectivity index (χ4v) is 2.38. The van der Waals surface area contributed by atoms with Gasteiger partial charge in [0.05, 0.1) is 11.6 Å². The molecular formula is C16H15F3N4O3. The largest absolute Gasteiger partial charge is 0.491 e. The summed E-state index contributed by atoms with van der Waals surface area (Å²) in [7, 11) is 0. The maximum absolute atomic E-state index is 12.9. The van der Waals surface area contributed by atoms with Crippen LogP contribution >= 0.6 is 0 Å². The zero-order valence-corrected chi connectivity index (χ0v) is 13.9. The van der Waals surface area contributed by atoms with E-state index in [1.54, 1.807) is 26.0 Å². The molecule has 0 aliphatic carbocycles. The van der Waals surface area contributed by atoms with Crippen molar-refractivity contribution in [1.29, 1.82) is 0 Å². The minimum atomic E-state index is -4.47. The van der Waals surface area contributed by atoms with Gasteiger partial charge >= 0.3 is 6.18 Å². The fraction of sp³-hybridized carbons (Fsp3) is 0.312. The highest BCUT2D eigenvalue weighted by molar-refractivity contribution is 6.06. The molecule has 0 unspecified atom stereocenters. The van der Waals surface area contributed by atoms with Crippen LogP contribution in [0.4, 0.5) is 19.0 Å². The summed E-state index contributed by atoms with van der Waals surface area (Å²) in [6.45, 7) is 2.32. The SMILES string of the molecule is CC(C)Oc1ccc2c(NC(=O)c3ccon3)nn(CC(F)(F)F)c2c1. The number of nitrogens with one attached hydrogen (secondary N) is 1. The molecule has 0 aliphatic heterocycles. The van der Waals surface area contributed by atoms with Crippen LogP contribution in [-0.4, -0.2) is 33.1 Å². The van der Waals surface area contributed by atoms with Crippen molar-refractivity contribution in [3.05, 3.63) is 36.2 Å². The average molecular weight is 368 g/mol. The van der Waals surface area contributed by atoms with Gasteiger partial charge in [0.2, 0.25) is 0 Å². The maximum atomic E-state index is 12.9. The van der Waals surface area contributed by atoms with Crippen molar-refractivity contribution < 1.29 is 27.2 Å². The number of amides is 1. The molecule has 0 spiro atoms. The van der Waals surface area contributed by atoms with E-state index in [1.807, 2.05) is 0 Å². The monoisotopic (exact) mass is 368 g/mol. The van der Waals surface area contributed by atoms with E-state index < -0.39 is 18.6 Å². The third-order valence-electron chi connectivity index (χ3n) is 3.33. The number of carbonyl (C=O) groups excluding carboxylic acids is 1. The van der Waals surface area contributed by atoms with Crippen LogP contribution in [-0.2, 0) is 6.54 Å². The molecule has 3 aromatic rings. The first-order chi connectivity index (χ1) is 12.2. The lowest BCUT2D eigenvalue weighted by molar-refractivity contribution is -0.141. The number of nitrogens with zero attached hydrogens (tertiary/aromatic N) is 3. The highest BCUT2D eigenvalue weighted by Gasteiger charge is 2.30. The number of rotatable bonds is 5. The number of anilines is 1. The van der Waals surface area contributed by atoms with Crippen LogP contribution in [0.25, 0.3) is 10.9 Å². The number of halogens is 3. The standard InChI is InChI=1S/C16H15F3N4O3/c1-9(2)26-10-3-4-11-13(7-10)23(8-16(17,18)19)21-14(11)20-15(24)12-5-6-25-22-12/h3-7,9H,8H2,1-2H3,(H,20,21,24). The lowest BCUT2D eigenvalue weighted by Gasteiger charge is -2.11. The fourth-order valence-electron chi connectivity index (χ4n) is 2.38. The van der Waals surface area contributed by atoms with E-state index in [-0.39, 0.29) is 23.1 Å². The van der Waals surface area contributed by atoms with Crippen molar-refractivity contribution in [2.75, 3.05) is 5.32 Å². The van der Waals surface area contributed by atoms with E-state index in [1.165, 1.54) is 18.4 Å². The van der Waals surface area contributed by atoms with Crippen LogP contribution < -0.4 is 10.1 Å². The highest BCUT2D eigenvalue weighted by Crippen LogP contribution is 2.30. The van der Waals surface area contributed by atoms with Crippen molar-refractivity contribution >= 4 is 22.6 Å². The van der Waals surface area contributed by atoms with Crippen LogP contribution in [0.2, 0.25) is 0 Å². The van der Waals surface area contributed by atoms with Gasteiger partial charge in [-0.2, -0.15) is 18.3 Å². The minimum absolute atomic E-state index is 0.00616. The number of hydrogen-bond donors (Lipinski definition) is 1. The Labute approximate surface area is 145 Å². The molecule has 0 aliphatic rings. The second-order valence-corrected chi connectivity index (χ2v) is 5.81. The Bertz CT molecular complexity index is 917. The van der Waals surface area contributed by atoms with E-state index in [0.29, 0.717) is 11.1 Å². The minimum Gasteiger partial charge on any atom is -0.491 e. The first kappa shape index (κ1) is 17.8. The van der Waals surface area contributed by atoms with Crippen molar-refractivity contribution in [1.82, 2.24) is 14.9 Å². The molecule has 0 bridgehead atoms. The summed E-state index contributed by atoms with van der Waals surface area (Å²) in [5.41, 5.74) is 0.180. The van der Waals surface area contributed by atoms with E-state index >= 15 is 0 Å². The summed E-state index contributed by atoms with van der Waals surface area (Å²) < 4.78 is 49.5. The molecule has 3 rings (SSSR count). The van der Waals surface area contributed by atoms with Crippen molar-refractivity contribution in [2.24, 2.45) is 0 Å². The molecule has 1 N–H and O–H groups in total. The Kier molecular flexibility index (Phi) is 4.58. The predicted octanol–water partition coefficient (Wildman–Crippen LogP) is 3.63. The number of hydrogen-bond acceptors (Lipinski definition) is 5. The zero-order chi connectivity index (χ0) is 18.9. The van der Waals surface area contributed by atoms with E-state index in [0.717, 1.165) is 4.68 Å². The number of aromatic nitrogens is 3. The quantitative estimate of drug-likeness (QED) is 0.744. The molecule has 0 radical (unpaired) electrons. The number of alkyl halides is 3. The molecule has 138 valence electrons. The van der Waals surface area contributed by atoms with E-state index in [4.69, 9.17) is 4.74 Å². The molecule has 1 aromatic carbocycles. The van der Waals surface area contributed by atoms with Crippen LogP contribution in [0.1, 0.15) is 24.3 Å². The second-order valence-electron chi connectivity index (χ2n) is 5.81. The lowest BCUT2D eigenvalue weighted by atomic mass is 10.2. The molecule has 0 saturated heterocycles. The summed E-state index contributed by atoms with van der Waals surface area (Å²) in [6.07, 6.45) is -3.40. The molecular weight excluding hydrogens is 353 g/mol. The summed E-state index contributed by atoms with van der Waals surface area (Å²) in [5.74, 6) is -0.238. The van der Waals surface area contributed by atoms with Crippen LogP contribution in [0.15, 0.2) is 35.1 Å². The molecule has 10 heteroatoms. The third kappa shape index (κ3) is 3.95. The van der Waals surface area contributed by atoms with E-state index in [2.05, 4.69) is 20.1 Å². The molecule has 0 atom stereocenters. The number of ether oxygens (including phenoxy) is 1.